The molecule has 0 spiro atoms. The van der Waals surface area contributed by atoms with Crippen LogP contribution in [0.1, 0.15) is 24.1 Å². The Kier molecular flexibility index (Phi) is 3.07. The standard InChI is InChI=1S/C13H17N3S/c14-8-10-3-1-5-16-9-11(15-13(10)16)7-12-4-2-6-17-12/h1,3,5,9,12H,2,4,6-8,14H2. The van der Waals surface area contributed by atoms with Crippen molar-refractivity contribution in [2.45, 2.75) is 31.1 Å². The average Bonchev–Trinajstić information content (AvgIpc) is 2.97. The lowest BCUT2D eigenvalue weighted by Gasteiger charge is -2.03. The van der Waals surface area contributed by atoms with E-state index < -0.39 is 0 Å². The second-order valence-electron chi connectivity index (χ2n) is 4.54. The lowest BCUT2D eigenvalue weighted by atomic mass is 10.2. The average molecular weight is 247 g/mol. The van der Waals surface area contributed by atoms with Crippen LogP contribution < -0.4 is 5.73 Å². The van der Waals surface area contributed by atoms with Gasteiger partial charge in [-0.1, -0.05) is 6.07 Å². The molecular weight excluding hydrogens is 230 g/mol. The first-order chi connectivity index (χ1) is 8.36. The van der Waals surface area contributed by atoms with Crippen molar-refractivity contribution in [1.29, 1.82) is 0 Å². The second kappa shape index (κ2) is 4.70. The van der Waals surface area contributed by atoms with Gasteiger partial charge in [-0.2, -0.15) is 11.8 Å². The number of aromatic nitrogens is 2. The fourth-order valence-electron chi connectivity index (χ4n) is 2.42. The van der Waals surface area contributed by atoms with E-state index in [4.69, 9.17) is 10.7 Å². The van der Waals surface area contributed by atoms with Crippen LogP contribution in [0.2, 0.25) is 0 Å². The lowest BCUT2D eigenvalue weighted by Crippen LogP contribution is -2.02. The molecule has 1 aliphatic heterocycles. The third-order valence-corrected chi connectivity index (χ3v) is 4.69. The fraction of sp³-hybridized carbons (Fsp3) is 0.462. The number of pyridine rings is 1. The van der Waals surface area contributed by atoms with E-state index in [1.165, 1.54) is 24.3 Å². The highest BCUT2D eigenvalue weighted by Crippen LogP contribution is 2.28. The van der Waals surface area contributed by atoms with Gasteiger partial charge in [-0.25, -0.2) is 4.98 Å². The van der Waals surface area contributed by atoms with Gasteiger partial charge in [-0.15, -0.1) is 0 Å². The summed E-state index contributed by atoms with van der Waals surface area (Å²) in [5.74, 6) is 1.31. The van der Waals surface area contributed by atoms with Gasteiger partial charge in [0.15, 0.2) is 0 Å². The summed E-state index contributed by atoms with van der Waals surface area (Å²) in [5, 5.41) is 0.765. The van der Waals surface area contributed by atoms with Gasteiger partial charge in [0.1, 0.15) is 5.65 Å². The molecule has 2 aromatic heterocycles. The number of imidazole rings is 1. The van der Waals surface area contributed by atoms with Crippen molar-refractivity contribution < 1.29 is 0 Å². The molecule has 4 heteroatoms. The van der Waals surface area contributed by atoms with E-state index in [9.17, 15) is 0 Å². The highest BCUT2D eigenvalue weighted by atomic mass is 32.2. The van der Waals surface area contributed by atoms with Crippen LogP contribution in [-0.2, 0) is 13.0 Å². The van der Waals surface area contributed by atoms with E-state index in [-0.39, 0.29) is 0 Å². The Morgan fingerprint density at radius 1 is 1.53 bits per heavy atom. The Morgan fingerprint density at radius 2 is 2.47 bits per heavy atom. The fourth-order valence-corrected chi connectivity index (χ4v) is 3.71. The van der Waals surface area contributed by atoms with Crippen LogP contribution in [0, 0.1) is 0 Å². The molecule has 1 atom stereocenters. The number of nitrogens with zero attached hydrogens (tertiary/aromatic N) is 2. The van der Waals surface area contributed by atoms with E-state index in [1.807, 2.05) is 12.3 Å². The van der Waals surface area contributed by atoms with Crippen LogP contribution in [0.15, 0.2) is 24.5 Å². The molecule has 0 saturated carbocycles. The Bertz CT molecular complexity index is 514. The molecule has 0 radical (unpaired) electrons. The summed E-state index contributed by atoms with van der Waals surface area (Å²) >= 11 is 2.08. The number of nitrogens with two attached hydrogens (primary N) is 1. The number of fused-ring (bicyclic) bond motifs is 1. The molecule has 1 unspecified atom stereocenters. The molecule has 0 bridgehead atoms. The van der Waals surface area contributed by atoms with Gasteiger partial charge < -0.3 is 10.1 Å². The monoisotopic (exact) mass is 247 g/mol. The molecular formula is C13H17N3S. The molecule has 3 rings (SSSR count). The van der Waals surface area contributed by atoms with E-state index >= 15 is 0 Å². The number of hydrogen-bond acceptors (Lipinski definition) is 3. The molecule has 0 amide bonds. The van der Waals surface area contributed by atoms with Gasteiger partial charge >= 0.3 is 0 Å². The normalized spacial score (nSPS) is 20.2. The van der Waals surface area contributed by atoms with Crippen LogP contribution in [-0.4, -0.2) is 20.4 Å². The van der Waals surface area contributed by atoms with Gasteiger partial charge in [0.25, 0.3) is 0 Å². The highest BCUT2D eigenvalue weighted by molar-refractivity contribution is 8.00. The quantitative estimate of drug-likeness (QED) is 0.904. The van der Waals surface area contributed by atoms with Crippen LogP contribution in [0.4, 0.5) is 0 Å². The smallest absolute Gasteiger partial charge is 0.141 e. The second-order valence-corrected chi connectivity index (χ2v) is 5.95. The maximum absolute atomic E-state index is 5.73. The van der Waals surface area contributed by atoms with Crippen LogP contribution in [0.5, 0.6) is 0 Å². The minimum absolute atomic E-state index is 0.555. The predicted molar refractivity (Wildman–Crippen MR) is 72.3 cm³/mol. The Balaban J connectivity index is 1.90. The van der Waals surface area contributed by atoms with Gasteiger partial charge in [0.2, 0.25) is 0 Å². The van der Waals surface area contributed by atoms with Crippen molar-refractivity contribution in [1.82, 2.24) is 9.38 Å². The number of rotatable bonds is 3. The van der Waals surface area contributed by atoms with Crippen LogP contribution in [0.25, 0.3) is 5.65 Å². The molecule has 1 saturated heterocycles. The van der Waals surface area contributed by atoms with E-state index in [0.717, 1.165) is 22.9 Å². The lowest BCUT2D eigenvalue weighted by molar-refractivity contribution is 0.767. The summed E-state index contributed by atoms with van der Waals surface area (Å²) in [6.07, 6.45) is 7.98. The molecule has 0 aromatic carbocycles. The van der Waals surface area contributed by atoms with Crippen LogP contribution in [0.3, 0.4) is 0 Å². The first-order valence-electron chi connectivity index (χ1n) is 6.14. The Labute approximate surface area is 105 Å². The van der Waals surface area contributed by atoms with Crippen molar-refractivity contribution in [3.63, 3.8) is 0 Å². The summed E-state index contributed by atoms with van der Waals surface area (Å²) in [5.41, 5.74) is 9.07. The van der Waals surface area contributed by atoms with Crippen molar-refractivity contribution in [2.24, 2.45) is 5.73 Å². The molecule has 2 N–H and O–H groups in total. The minimum atomic E-state index is 0.555. The third-order valence-electron chi connectivity index (χ3n) is 3.29. The number of thioether (sulfide) groups is 1. The van der Waals surface area contributed by atoms with Gasteiger partial charge in [0, 0.05) is 36.2 Å². The summed E-state index contributed by atoms with van der Waals surface area (Å²) in [4.78, 5) is 4.72. The molecule has 17 heavy (non-hydrogen) atoms. The minimum Gasteiger partial charge on any atom is -0.326 e. The zero-order valence-corrected chi connectivity index (χ0v) is 10.6. The molecule has 0 aliphatic carbocycles. The van der Waals surface area contributed by atoms with Crippen molar-refractivity contribution in [3.05, 3.63) is 35.8 Å². The predicted octanol–water partition coefficient (Wildman–Crippen LogP) is 2.23. The third kappa shape index (κ3) is 2.19. The summed E-state index contributed by atoms with van der Waals surface area (Å²) in [7, 11) is 0. The molecule has 2 aromatic rings. The molecule has 1 aliphatic rings. The van der Waals surface area contributed by atoms with E-state index in [1.54, 1.807) is 0 Å². The molecule has 1 fully saturated rings. The van der Waals surface area contributed by atoms with E-state index in [2.05, 4.69) is 28.4 Å². The summed E-state index contributed by atoms with van der Waals surface area (Å²) in [6, 6.07) is 4.08. The summed E-state index contributed by atoms with van der Waals surface area (Å²) in [6.45, 7) is 0.555. The molecule has 3 nitrogen and oxygen atoms in total. The van der Waals surface area contributed by atoms with Gasteiger partial charge in [0.05, 0.1) is 5.69 Å². The van der Waals surface area contributed by atoms with E-state index in [0.29, 0.717) is 6.54 Å². The Morgan fingerprint density at radius 3 is 3.24 bits per heavy atom. The van der Waals surface area contributed by atoms with Gasteiger partial charge in [-0.05, 0) is 24.7 Å². The van der Waals surface area contributed by atoms with Crippen molar-refractivity contribution >= 4 is 17.4 Å². The summed E-state index contributed by atoms with van der Waals surface area (Å²) < 4.78 is 2.09. The first kappa shape index (κ1) is 11.1. The largest absolute Gasteiger partial charge is 0.326 e. The van der Waals surface area contributed by atoms with Crippen molar-refractivity contribution in [2.75, 3.05) is 5.75 Å². The zero-order chi connectivity index (χ0) is 11.7. The SMILES string of the molecule is NCc1cccn2cc(CC3CCCS3)nc12. The topological polar surface area (TPSA) is 43.3 Å². The highest BCUT2D eigenvalue weighted by Gasteiger charge is 2.17. The number of hydrogen-bond donors (Lipinski definition) is 1. The Hall–Kier alpha value is -1.00. The molecule has 3 heterocycles. The maximum atomic E-state index is 5.73. The van der Waals surface area contributed by atoms with Crippen molar-refractivity contribution in [3.8, 4) is 0 Å². The first-order valence-corrected chi connectivity index (χ1v) is 7.19. The molecule has 90 valence electrons. The van der Waals surface area contributed by atoms with Gasteiger partial charge in [-0.3, -0.25) is 0 Å². The maximum Gasteiger partial charge on any atom is 0.141 e. The zero-order valence-electron chi connectivity index (χ0n) is 9.80. The van der Waals surface area contributed by atoms with Crippen LogP contribution >= 0.6 is 11.8 Å².